The van der Waals surface area contributed by atoms with Crippen molar-refractivity contribution in [1.29, 1.82) is 0 Å². The highest BCUT2D eigenvalue weighted by Gasteiger charge is 2.31. The molecule has 1 aliphatic rings. The standard InChI is InChI=1S/C8H10ClN3O3S/c9-8-10-3-7(4-11-8)16(14,15)12-5-1-6(13)2-5/h3-6,12-13H,1-2H2. The fourth-order valence-electron chi connectivity index (χ4n) is 1.41. The van der Waals surface area contributed by atoms with E-state index in [4.69, 9.17) is 16.7 Å². The molecule has 1 aromatic rings. The maximum atomic E-state index is 11.7. The molecule has 2 rings (SSSR count). The van der Waals surface area contributed by atoms with E-state index < -0.39 is 16.1 Å². The van der Waals surface area contributed by atoms with E-state index >= 15 is 0 Å². The van der Waals surface area contributed by atoms with Crippen molar-refractivity contribution in [2.75, 3.05) is 0 Å². The summed E-state index contributed by atoms with van der Waals surface area (Å²) >= 11 is 5.45. The molecule has 0 atom stereocenters. The Morgan fingerprint density at radius 2 is 1.94 bits per heavy atom. The van der Waals surface area contributed by atoms with Crippen LogP contribution in [0.2, 0.25) is 5.28 Å². The van der Waals surface area contributed by atoms with Gasteiger partial charge in [-0.25, -0.2) is 23.1 Å². The molecule has 1 heterocycles. The van der Waals surface area contributed by atoms with E-state index in [0.29, 0.717) is 12.8 Å². The first-order valence-electron chi connectivity index (χ1n) is 4.65. The molecule has 1 fully saturated rings. The van der Waals surface area contributed by atoms with Crippen molar-refractivity contribution in [3.8, 4) is 0 Å². The molecule has 0 spiro atoms. The van der Waals surface area contributed by atoms with Crippen molar-refractivity contribution < 1.29 is 13.5 Å². The minimum Gasteiger partial charge on any atom is -0.393 e. The Morgan fingerprint density at radius 1 is 1.38 bits per heavy atom. The van der Waals surface area contributed by atoms with Crippen LogP contribution >= 0.6 is 11.6 Å². The highest BCUT2D eigenvalue weighted by atomic mass is 35.5. The Balaban J connectivity index is 2.10. The summed E-state index contributed by atoms with van der Waals surface area (Å²) in [6.07, 6.45) is 2.76. The van der Waals surface area contributed by atoms with E-state index in [1.54, 1.807) is 0 Å². The van der Waals surface area contributed by atoms with Gasteiger partial charge in [0.1, 0.15) is 4.90 Å². The molecule has 0 aliphatic heterocycles. The van der Waals surface area contributed by atoms with Gasteiger partial charge in [0.25, 0.3) is 0 Å². The first kappa shape index (κ1) is 11.7. The molecule has 2 N–H and O–H groups in total. The largest absolute Gasteiger partial charge is 0.393 e. The van der Waals surface area contributed by atoms with Gasteiger partial charge in [-0.05, 0) is 24.4 Å². The number of nitrogens with one attached hydrogen (secondary N) is 1. The molecule has 6 nitrogen and oxygen atoms in total. The third-order valence-corrected chi connectivity index (χ3v) is 4.01. The fraction of sp³-hybridized carbons (Fsp3) is 0.500. The zero-order valence-corrected chi connectivity index (χ0v) is 9.74. The number of nitrogens with zero attached hydrogens (tertiary/aromatic N) is 2. The lowest BCUT2D eigenvalue weighted by molar-refractivity contribution is 0.0712. The van der Waals surface area contributed by atoms with Gasteiger partial charge < -0.3 is 5.11 Å². The third-order valence-electron chi connectivity index (χ3n) is 2.34. The van der Waals surface area contributed by atoms with Crippen molar-refractivity contribution in [3.63, 3.8) is 0 Å². The van der Waals surface area contributed by atoms with Gasteiger partial charge in [-0.3, -0.25) is 0 Å². The summed E-state index contributed by atoms with van der Waals surface area (Å²) in [7, 11) is -3.61. The SMILES string of the molecule is O=S(=O)(NC1CC(O)C1)c1cnc(Cl)nc1. The zero-order chi connectivity index (χ0) is 11.8. The molecule has 1 aromatic heterocycles. The Hall–Kier alpha value is -0.760. The van der Waals surface area contributed by atoms with Crippen molar-refractivity contribution >= 4 is 21.6 Å². The molecule has 0 radical (unpaired) electrons. The van der Waals surface area contributed by atoms with Crippen LogP contribution in [0.5, 0.6) is 0 Å². The van der Waals surface area contributed by atoms with E-state index in [9.17, 15) is 8.42 Å². The minimum atomic E-state index is -3.61. The van der Waals surface area contributed by atoms with Crippen LogP contribution in [0, 0.1) is 0 Å². The van der Waals surface area contributed by atoms with Gasteiger partial charge >= 0.3 is 0 Å². The summed E-state index contributed by atoms with van der Waals surface area (Å²) in [6.45, 7) is 0. The zero-order valence-electron chi connectivity index (χ0n) is 8.17. The summed E-state index contributed by atoms with van der Waals surface area (Å²) in [5, 5.41) is 9.04. The van der Waals surface area contributed by atoms with E-state index in [1.807, 2.05) is 0 Å². The maximum Gasteiger partial charge on any atom is 0.243 e. The van der Waals surface area contributed by atoms with Gasteiger partial charge in [-0.1, -0.05) is 0 Å². The molecule has 8 heteroatoms. The number of aliphatic hydroxyl groups is 1. The summed E-state index contributed by atoms with van der Waals surface area (Å²) in [6, 6.07) is -0.212. The predicted octanol–water partition coefficient (Wildman–Crippen LogP) is -0.0684. The highest BCUT2D eigenvalue weighted by molar-refractivity contribution is 7.89. The molecule has 0 aromatic carbocycles. The summed E-state index contributed by atoms with van der Waals surface area (Å²) in [5.74, 6) is 0. The number of aromatic nitrogens is 2. The number of aliphatic hydroxyl groups excluding tert-OH is 1. The van der Waals surface area contributed by atoms with E-state index in [1.165, 1.54) is 0 Å². The number of halogens is 1. The smallest absolute Gasteiger partial charge is 0.243 e. The van der Waals surface area contributed by atoms with Gasteiger partial charge in [-0.2, -0.15) is 0 Å². The van der Waals surface area contributed by atoms with Crippen LogP contribution in [0.4, 0.5) is 0 Å². The van der Waals surface area contributed by atoms with Crippen LogP contribution in [-0.2, 0) is 10.0 Å². The van der Waals surface area contributed by atoms with Gasteiger partial charge in [0, 0.05) is 6.04 Å². The number of sulfonamides is 1. The molecule has 0 bridgehead atoms. The van der Waals surface area contributed by atoms with Crippen LogP contribution in [0.3, 0.4) is 0 Å². The van der Waals surface area contributed by atoms with Crippen molar-refractivity contribution in [2.24, 2.45) is 0 Å². The normalized spacial score (nSPS) is 25.1. The molecular weight excluding hydrogens is 254 g/mol. The summed E-state index contributed by atoms with van der Waals surface area (Å²) in [5.41, 5.74) is 0. The Kier molecular flexibility index (Phi) is 3.11. The number of rotatable bonds is 3. The molecule has 0 saturated heterocycles. The number of hydrogen-bond donors (Lipinski definition) is 2. The molecule has 0 amide bonds. The Labute approximate surface area is 97.7 Å². The first-order valence-corrected chi connectivity index (χ1v) is 6.51. The number of hydrogen-bond acceptors (Lipinski definition) is 5. The second kappa shape index (κ2) is 4.25. The minimum absolute atomic E-state index is 0.00184. The van der Waals surface area contributed by atoms with E-state index in [0.717, 1.165) is 12.4 Å². The monoisotopic (exact) mass is 263 g/mol. The summed E-state index contributed by atoms with van der Waals surface area (Å²) in [4.78, 5) is 7.17. The van der Waals surface area contributed by atoms with Crippen molar-refractivity contribution in [2.45, 2.75) is 29.9 Å². The Bertz CT molecular complexity index is 470. The molecule has 0 unspecified atom stereocenters. The van der Waals surface area contributed by atoms with Crippen molar-refractivity contribution in [3.05, 3.63) is 17.7 Å². The lowest BCUT2D eigenvalue weighted by atomic mass is 9.91. The molecule has 88 valence electrons. The Morgan fingerprint density at radius 3 is 2.44 bits per heavy atom. The maximum absolute atomic E-state index is 11.7. The van der Waals surface area contributed by atoms with Crippen LogP contribution in [0.1, 0.15) is 12.8 Å². The van der Waals surface area contributed by atoms with Crippen molar-refractivity contribution in [1.82, 2.24) is 14.7 Å². The van der Waals surface area contributed by atoms with Gasteiger partial charge in [0.15, 0.2) is 0 Å². The van der Waals surface area contributed by atoms with E-state index in [2.05, 4.69) is 14.7 Å². The van der Waals surface area contributed by atoms with Gasteiger partial charge in [-0.15, -0.1) is 0 Å². The second-order valence-electron chi connectivity index (χ2n) is 3.63. The lowest BCUT2D eigenvalue weighted by Crippen LogP contribution is -2.46. The molecule has 1 aliphatic carbocycles. The molecule has 16 heavy (non-hydrogen) atoms. The van der Waals surface area contributed by atoms with Crippen LogP contribution in [0.15, 0.2) is 17.3 Å². The van der Waals surface area contributed by atoms with Gasteiger partial charge in [0.05, 0.1) is 18.5 Å². The first-order chi connectivity index (χ1) is 7.47. The average Bonchev–Trinajstić information content (AvgIpc) is 2.15. The quantitative estimate of drug-likeness (QED) is 0.745. The fourth-order valence-corrected chi connectivity index (χ4v) is 2.66. The van der Waals surface area contributed by atoms with Crippen LogP contribution in [-0.4, -0.2) is 35.6 Å². The van der Waals surface area contributed by atoms with Crippen LogP contribution < -0.4 is 4.72 Å². The predicted molar refractivity (Wildman–Crippen MR) is 56.4 cm³/mol. The summed E-state index contributed by atoms with van der Waals surface area (Å²) < 4.78 is 25.9. The molecular formula is C8H10ClN3O3S. The lowest BCUT2D eigenvalue weighted by Gasteiger charge is -2.31. The topological polar surface area (TPSA) is 92.2 Å². The average molecular weight is 264 g/mol. The van der Waals surface area contributed by atoms with Crippen LogP contribution in [0.25, 0.3) is 0 Å². The molecule has 1 saturated carbocycles. The second-order valence-corrected chi connectivity index (χ2v) is 5.68. The van der Waals surface area contributed by atoms with E-state index in [-0.39, 0.29) is 16.2 Å². The van der Waals surface area contributed by atoms with Gasteiger partial charge in [0.2, 0.25) is 15.3 Å². The third kappa shape index (κ3) is 2.49. The highest BCUT2D eigenvalue weighted by Crippen LogP contribution is 2.21.